The number of rotatable bonds is 8. The Kier molecular flexibility index (Phi) is 7.15. The van der Waals surface area contributed by atoms with Crippen molar-refractivity contribution < 1.29 is 17.9 Å². The Morgan fingerprint density at radius 3 is 2.50 bits per heavy atom. The van der Waals surface area contributed by atoms with E-state index in [1.807, 2.05) is 31.2 Å². The highest BCUT2D eigenvalue weighted by Gasteiger charge is 2.17. The first-order chi connectivity index (χ1) is 13.3. The number of hydrogen-bond donors (Lipinski definition) is 1. The van der Waals surface area contributed by atoms with Crippen LogP contribution in [0.15, 0.2) is 47.4 Å². The number of carbonyl (C=O) groups is 1. The summed E-state index contributed by atoms with van der Waals surface area (Å²) < 4.78 is 32.0. The molecule has 8 heteroatoms. The van der Waals surface area contributed by atoms with Crippen LogP contribution >= 0.6 is 0 Å². The number of amides is 1. The molecule has 2 aromatic carbocycles. The molecule has 0 aliphatic carbocycles. The molecule has 0 heterocycles. The van der Waals surface area contributed by atoms with E-state index in [4.69, 9.17) is 10.00 Å². The minimum absolute atomic E-state index is 0.0422. The standard InChI is InChI=1S/C20H23N3O4S/c1-15-5-10-19(27-3)17(13-15)14-23(2)20(24)16-6-8-18(9-7-16)28(25,26)22-12-4-11-21/h5-10,13,22H,4,12,14H2,1-3H3. The van der Waals surface area contributed by atoms with Gasteiger partial charge in [-0.05, 0) is 37.3 Å². The van der Waals surface area contributed by atoms with E-state index in [0.29, 0.717) is 17.9 Å². The summed E-state index contributed by atoms with van der Waals surface area (Å²) in [6, 6.07) is 13.3. The van der Waals surface area contributed by atoms with Gasteiger partial charge in [0.15, 0.2) is 0 Å². The predicted octanol–water partition coefficient (Wildman–Crippen LogP) is 2.47. The predicted molar refractivity (Wildman–Crippen MR) is 105 cm³/mol. The number of aryl methyl sites for hydroxylation is 1. The summed E-state index contributed by atoms with van der Waals surface area (Å²) >= 11 is 0. The van der Waals surface area contributed by atoms with Crippen molar-refractivity contribution in [2.24, 2.45) is 0 Å². The van der Waals surface area contributed by atoms with E-state index >= 15 is 0 Å². The van der Waals surface area contributed by atoms with Crippen LogP contribution in [0.1, 0.15) is 27.9 Å². The van der Waals surface area contributed by atoms with Gasteiger partial charge in [-0.2, -0.15) is 5.26 Å². The van der Waals surface area contributed by atoms with Crippen molar-refractivity contribution >= 4 is 15.9 Å². The molecule has 0 saturated heterocycles. The van der Waals surface area contributed by atoms with Crippen LogP contribution in [-0.4, -0.2) is 39.9 Å². The molecule has 0 fully saturated rings. The highest BCUT2D eigenvalue weighted by Crippen LogP contribution is 2.22. The normalized spacial score (nSPS) is 10.9. The molecule has 0 aliphatic heterocycles. The molecule has 0 aromatic heterocycles. The van der Waals surface area contributed by atoms with Crippen molar-refractivity contribution in [1.29, 1.82) is 5.26 Å². The van der Waals surface area contributed by atoms with Gasteiger partial charge in [0.2, 0.25) is 10.0 Å². The van der Waals surface area contributed by atoms with Gasteiger partial charge in [0.25, 0.3) is 5.91 Å². The fourth-order valence-corrected chi connectivity index (χ4v) is 3.71. The van der Waals surface area contributed by atoms with Gasteiger partial charge in [-0.25, -0.2) is 13.1 Å². The van der Waals surface area contributed by atoms with Gasteiger partial charge in [-0.15, -0.1) is 0 Å². The van der Waals surface area contributed by atoms with Gasteiger partial charge in [0.1, 0.15) is 5.75 Å². The summed E-state index contributed by atoms with van der Waals surface area (Å²) in [6.07, 6.45) is 0.0863. The summed E-state index contributed by atoms with van der Waals surface area (Å²) in [4.78, 5) is 14.3. The van der Waals surface area contributed by atoms with Crippen LogP contribution in [0.3, 0.4) is 0 Å². The largest absolute Gasteiger partial charge is 0.496 e. The highest BCUT2D eigenvalue weighted by molar-refractivity contribution is 7.89. The number of sulfonamides is 1. The van der Waals surface area contributed by atoms with Gasteiger partial charge in [-0.1, -0.05) is 17.7 Å². The molecule has 0 unspecified atom stereocenters. The van der Waals surface area contributed by atoms with Gasteiger partial charge >= 0.3 is 0 Å². The number of hydrogen-bond acceptors (Lipinski definition) is 5. The zero-order valence-electron chi connectivity index (χ0n) is 16.1. The van der Waals surface area contributed by atoms with Crippen LogP contribution in [0.5, 0.6) is 5.75 Å². The van der Waals surface area contributed by atoms with Gasteiger partial charge < -0.3 is 9.64 Å². The number of nitriles is 1. The Bertz CT molecular complexity index is 980. The fourth-order valence-electron chi connectivity index (χ4n) is 2.68. The van der Waals surface area contributed by atoms with Crippen LogP contribution in [0.4, 0.5) is 0 Å². The molecule has 0 saturated carbocycles. The SMILES string of the molecule is COc1ccc(C)cc1CN(C)C(=O)c1ccc(S(=O)(=O)NCCC#N)cc1. The molecule has 7 nitrogen and oxygen atoms in total. The van der Waals surface area contributed by atoms with Crippen molar-refractivity contribution in [1.82, 2.24) is 9.62 Å². The molecule has 2 rings (SSSR count). The summed E-state index contributed by atoms with van der Waals surface area (Å²) in [7, 11) is -0.438. The smallest absolute Gasteiger partial charge is 0.253 e. The van der Waals surface area contributed by atoms with E-state index in [1.165, 1.54) is 24.3 Å². The number of benzene rings is 2. The number of methoxy groups -OCH3 is 1. The maximum atomic E-state index is 12.7. The molecular weight excluding hydrogens is 378 g/mol. The molecule has 2 aromatic rings. The Morgan fingerprint density at radius 2 is 1.89 bits per heavy atom. The van der Waals surface area contributed by atoms with Crippen LogP contribution in [0.2, 0.25) is 0 Å². The molecule has 1 N–H and O–H groups in total. The summed E-state index contributed by atoms with van der Waals surface area (Å²) in [5.41, 5.74) is 2.33. The first kappa shape index (κ1) is 21.4. The highest BCUT2D eigenvalue weighted by atomic mass is 32.2. The lowest BCUT2D eigenvalue weighted by Crippen LogP contribution is -2.27. The number of ether oxygens (including phenoxy) is 1. The third kappa shape index (κ3) is 5.31. The van der Waals surface area contributed by atoms with Gasteiger partial charge in [-0.3, -0.25) is 4.79 Å². The van der Waals surface area contributed by atoms with Crippen LogP contribution in [0, 0.1) is 18.3 Å². The molecule has 0 aliphatic rings. The number of carbonyl (C=O) groups excluding carboxylic acids is 1. The van der Waals surface area contributed by atoms with E-state index < -0.39 is 10.0 Å². The van der Waals surface area contributed by atoms with Crippen LogP contribution in [0.25, 0.3) is 0 Å². The third-order valence-electron chi connectivity index (χ3n) is 4.13. The first-order valence-electron chi connectivity index (χ1n) is 8.64. The average Bonchev–Trinajstić information content (AvgIpc) is 2.68. The Labute approximate surface area is 165 Å². The minimum Gasteiger partial charge on any atom is -0.496 e. The minimum atomic E-state index is -3.70. The van der Waals surface area contributed by atoms with Gasteiger partial charge in [0, 0.05) is 37.7 Å². The summed E-state index contributed by atoms with van der Waals surface area (Å²) in [5.74, 6) is 0.472. The first-order valence-corrected chi connectivity index (χ1v) is 10.1. The summed E-state index contributed by atoms with van der Waals surface area (Å²) in [5, 5.41) is 8.50. The lowest BCUT2D eigenvalue weighted by Gasteiger charge is -2.19. The molecule has 0 spiro atoms. The van der Waals surface area contributed by atoms with E-state index in [9.17, 15) is 13.2 Å². The molecule has 148 valence electrons. The molecule has 0 bridgehead atoms. The number of nitrogens with zero attached hydrogens (tertiary/aromatic N) is 2. The van der Waals surface area contributed by atoms with Crippen molar-refractivity contribution in [2.45, 2.75) is 24.8 Å². The molecule has 0 radical (unpaired) electrons. The molecule has 0 atom stereocenters. The van der Waals surface area contributed by atoms with Crippen molar-refractivity contribution in [3.05, 3.63) is 59.2 Å². The van der Waals surface area contributed by atoms with Gasteiger partial charge in [0.05, 0.1) is 18.1 Å². The quantitative estimate of drug-likeness (QED) is 0.685. The van der Waals surface area contributed by atoms with Crippen LogP contribution in [-0.2, 0) is 16.6 Å². The second-order valence-electron chi connectivity index (χ2n) is 6.31. The monoisotopic (exact) mass is 401 g/mol. The fraction of sp³-hybridized carbons (Fsp3) is 0.300. The van der Waals surface area contributed by atoms with Crippen molar-refractivity contribution in [3.63, 3.8) is 0 Å². The van der Waals surface area contributed by atoms with Crippen LogP contribution < -0.4 is 9.46 Å². The Morgan fingerprint density at radius 1 is 1.21 bits per heavy atom. The third-order valence-corrected chi connectivity index (χ3v) is 5.61. The molecular formula is C20H23N3O4S. The molecule has 1 amide bonds. The maximum Gasteiger partial charge on any atom is 0.253 e. The van der Waals surface area contributed by atoms with Crippen molar-refractivity contribution in [2.75, 3.05) is 20.7 Å². The maximum absolute atomic E-state index is 12.7. The lowest BCUT2D eigenvalue weighted by molar-refractivity contribution is 0.0784. The van der Waals surface area contributed by atoms with E-state index in [1.54, 1.807) is 19.1 Å². The van der Waals surface area contributed by atoms with E-state index in [-0.39, 0.29) is 23.8 Å². The Hall–Kier alpha value is -2.89. The van der Waals surface area contributed by atoms with E-state index in [2.05, 4.69) is 4.72 Å². The Balaban J connectivity index is 2.12. The lowest BCUT2D eigenvalue weighted by atomic mass is 10.1. The zero-order valence-corrected chi connectivity index (χ0v) is 16.9. The van der Waals surface area contributed by atoms with E-state index in [0.717, 1.165) is 11.1 Å². The zero-order chi connectivity index (χ0) is 20.7. The summed E-state index contributed by atoms with van der Waals surface area (Å²) in [6.45, 7) is 2.37. The second kappa shape index (κ2) is 9.35. The second-order valence-corrected chi connectivity index (χ2v) is 8.07. The molecule has 28 heavy (non-hydrogen) atoms. The number of nitrogens with one attached hydrogen (secondary N) is 1. The average molecular weight is 401 g/mol. The van der Waals surface area contributed by atoms with Crippen molar-refractivity contribution in [3.8, 4) is 11.8 Å². The topological polar surface area (TPSA) is 99.5 Å².